The zero-order valence-electron chi connectivity index (χ0n) is 11.4. The van der Waals surface area contributed by atoms with Crippen molar-refractivity contribution in [3.8, 4) is 0 Å². The molecule has 0 amide bonds. The van der Waals surface area contributed by atoms with Crippen molar-refractivity contribution in [2.24, 2.45) is 4.99 Å². The number of guanidine groups is 1. The van der Waals surface area contributed by atoms with E-state index in [0.29, 0.717) is 12.6 Å². The number of nitrogens with zero attached hydrogens (tertiary/aromatic N) is 4. The molecule has 2 aromatic rings. The lowest BCUT2D eigenvalue weighted by Crippen LogP contribution is -2.46. The van der Waals surface area contributed by atoms with Gasteiger partial charge in [0, 0.05) is 19.3 Å². The highest BCUT2D eigenvalue weighted by Crippen LogP contribution is 2.17. The molecule has 0 radical (unpaired) electrons. The van der Waals surface area contributed by atoms with Crippen LogP contribution >= 0.6 is 24.0 Å². The molecule has 2 N–H and O–H groups in total. The zero-order valence-corrected chi connectivity index (χ0v) is 13.7. The highest BCUT2D eigenvalue weighted by Gasteiger charge is 2.18. The molecule has 108 valence electrons. The Bertz CT molecular complexity index is 589. The van der Waals surface area contributed by atoms with E-state index in [2.05, 4.69) is 25.8 Å². The van der Waals surface area contributed by atoms with Gasteiger partial charge >= 0.3 is 0 Å². The molecule has 1 aliphatic rings. The smallest absolute Gasteiger partial charge is 0.191 e. The highest BCUT2D eigenvalue weighted by molar-refractivity contribution is 14.0. The van der Waals surface area contributed by atoms with E-state index in [4.69, 9.17) is 0 Å². The molecule has 1 fully saturated rings. The molecule has 0 atom stereocenters. The summed E-state index contributed by atoms with van der Waals surface area (Å²) >= 11 is 0. The molecule has 0 unspecified atom stereocenters. The van der Waals surface area contributed by atoms with Crippen LogP contribution in [0.5, 0.6) is 0 Å². The number of rotatable bonds is 3. The second-order valence-corrected chi connectivity index (χ2v) is 4.74. The molecule has 0 spiro atoms. The molecular weight excluding hydrogens is 367 g/mol. The normalized spacial score (nSPS) is 15.6. The first kappa shape index (κ1) is 15.0. The molecule has 0 aliphatic heterocycles. The fraction of sp³-hybridized carbons (Fsp3) is 0.462. The third kappa shape index (κ3) is 3.20. The molecule has 3 rings (SSSR count). The molecule has 6 nitrogen and oxygen atoms in total. The van der Waals surface area contributed by atoms with E-state index in [0.717, 1.165) is 17.4 Å². The van der Waals surface area contributed by atoms with E-state index in [1.807, 2.05) is 28.8 Å². The van der Waals surface area contributed by atoms with Crippen LogP contribution in [0.1, 0.15) is 25.1 Å². The van der Waals surface area contributed by atoms with Crippen molar-refractivity contribution in [1.82, 2.24) is 25.2 Å². The van der Waals surface area contributed by atoms with Crippen LogP contribution in [0.25, 0.3) is 5.65 Å². The summed E-state index contributed by atoms with van der Waals surface area (Å²) in [7, 11) is 1.79. The van der Waals surface area contributed by atoms with Crippen LogP contribution in [0.15, 0.2) is 29.4 Å². The Labute approximate surface area is 135 Å². The van der Waals surface area contributed by atoms with Gasteiger partial charge in [-0.1, -0.05) is 6.07 Å². The Morgan fingerprint density at radius 2 is 2.25 bits per heavy atom. The quantitative estimate of drug-likeness (QED) is 0.478. The minimum absolute atomic E-state index is 0. The molecular formula is C13H19IN6. The van der Waals surface area contributed by atoms with Crippen LogP contribution in [0.3, 0.4) is 0 Å². The van der Waals surface area contributed by atoms with Gasteiger partial charge in [0.05, 0.1) is 6.54 Å². The Morgan fingerprint density at radius 1 is 1.40 bits per heavy atom. The lowest BCUT2D eigenvalue weighted by molar-refractivity contribution is 0.379. The van der Waals surface area contributed by atoms with Gasteiger partial charge in [0.1, 0.15) is 0 Å². The summed E-state index contributed by atoms with van der Waals surface area (Å²) in [4.78, 5) is 4.23. The summed E-state index contributed by atoms with van der Waals surface area (Å²) in [5, 5.41) is 15.0. The molecule has 1 saturated carbocycles. The monoisotopic (exact) mass is 386 g/mol. The zero-order chi connectivity index (χ0) is 13.1. The van der Waals surface area contributed by atoms with Crippen LogP contribution in [-0.4, -0.2) is 33.6 Å². The van der Waals surface area contributed by atoms with Crippen LogP contribution in [0.2, 0.25) is 0 Å². The number of nitrogens with one attached hydrogen (secondary N) is 2. The highest BCUT2D eigenvalue weighted by atomic mass is 127. The third-order valence-corrected chi connectivity index (χ3v) is 3.47. The molecule has 7 heteroatoms. The van der Waals surface area contributed by atoms with Crippen LogP contribution in [0.4, 0.5) is 0 Å². The number of pyridine rings is 1. The second kappa shape index (κ2) is 6.87. The van der Waals surface area contributed by atoms with Crippen molar-refractivity contribution in [1.29, 1.82) is 0 Å². The fourth-order valence-electron chi connectivity index (χ4n) is 2.11. The molecule has 2 aromatic heterocycles. The Morgan fingerprint density at radius 3 is 2.95 bits per heavy atom. The minimum atomic E-state index is 0. The van der Waals surface area contributed by atoms with Crippen LogP contribution in [-0.2, 0) is 6.54 Å². The lowest BCUT2D eigenvalue weighted by atomic mass is 9.93. The van der Waals surface area contributed by atoms with Crippen molar-refractivity contribution in [3.63, 3.8) is 0 Å². The maximum atomic E-state index is 4.23. The van der Waals surface area contributed by atoms with E-state index in [1.54, 1.807) is 7.05 Å². The summed E-state index contributed by atoms with van der Waals surface area (Å²) in [6.07, 6.45) is 5.74. The summed E-state index contributed by atoms with van der Waals surface area (Å²) < 4.78 is 1.98. The topological polar surface area (TPSA) is 66.6 Å². The SMILES string of the molecule is CN=C(NCc1nnc2ccccn12)NC1CCC1.I. The number of hydrogen-bond acceptors (Lipinski definition) is 3. The molecule has 0 aromatic carbocycles. The molecule has 2 heterocycles. The predicted octanol–water partition coefficient (Wildman–Crippen LogP) is 1.56. The first-order chi connectivity index (χ1) is 9.36. The Hall–Kier alpha value is -1.38. The van der Waals surface area contributed by atoms with Crippen molar-refractivity contribution in [2.45, 2.75) is 31.8 Å². The van der Waals surface area contributed by atoms with E-state index in [1.165, 1.54) is 19.3 Å². The minimum Gasteiger partial charge on any atom is -0.354 e. The Balaban J connectivity index is 0.00000147. The maximum Gasteiger partial charge on any atom is 0.191 e. The summed E-state index contributed by atoms with van der Waals surface area (Å²) in [6, 6.07) is 6.44. The summed E-state index contributed by atoms with van der Waals surface area (Å²) in [5.41, 5.74) is 0.862. The van der Waals surface area contributed by atoms with Gasteiger partial charge in [-0.25, -0.2) is 0 Å². The van der Waals surface area contributed by atoms with Crippen LogP contribution < -0.4 is 10.6 Å². The van der Waals surface area contributed by atoms with Crippen LogP contribution in [0, 0.1) is 0 Å². The maximum absolute atomic E-state index is 4.23. The number of hydrogen-bond donors (Lipinski definition) is 2. The predicted molar refractivity (Wildman–Crippen MR) is 89.4 cm³/mol. The van der Waals surface area contributed by atoms with Gasteiger partial charge in [-0.15, -0.1) is 34.2 Å². The third-order valence-electron chi connectivity index (χ3n) is 3.47. The van der Waals surface area contributed by atoms with E-state index in [-0.39, 0.29) is 24.0 Å². The first-order valence-corrected chi connectivity index (χ1v) is 6.62. The largest absolute Gasteiger partial charge is 0.354 e. The van der Waals surface area contributed by atoms with Crippen molar-refractivity contribution < 1.29 is 0 Å². The average Bonchev–Trinajstić information content (AvgIpc) is 2.80. The summed E-state index contributed by atoms with van der Waals surface area (Å²) in [5.74, 6) is 1.71. The van der Waals surface area contributed by atoms with Gasteiger partial charge in [0.2, 0.25) is 0 Å². The van der Waals surface area contributed by atoms with E-state index < -0.39 is 0 Å². The number of aromatic nitrogens is 3. The van der Waals surface area contributed by atoms with Gasteiger partial charge in [-0.2, -0.15) is 0 Å². The molecule has 0 bridgehead atoms. The average molecular weight is 386 g/mol. The second-order valence-electron chi connectivity index (χ2n) is 4.74. The fourth-order valence-corrected chi connectivity index (χ4v) is 2.11. The van der Waals surface area contributed by atoms with Gasteiger partial charge in [0.15, 0.2) is 17.4 Å². The number of aliphatic imine (C=N–C) groups is 1. The standard InChI is InChI=1S/C13H18N6.HI/c1-14-13(16-10-5-4-6-10)15-9-12-18-17-11-7-2-3-8-19(11)12;/h2-3,7-8,10H,4-6,9H2,1H3,(H2,14,15,16);1H. The Kier molecular flexibility index (Phi) is 5.16. The van der Waals surface area contributed by atoms with Gasteiger partial charge < -0.3 is 10.6 Å². The van der Waals surface area contributed by atoms with Crippen molar-refractivity contribution in [3.05, 3.63) is 30.2 Å². The van der Waals surface area contributed by atoms with Crippen molar-refractivity contribution >= 4 is 35.6 Å². The molecule has 0 saturated heterocycles. The molecule has 20 heavy (non-hydrogen) atoms. The lowest BCUT2D eigenvalue weighted by Gasteiger charge is -2.28. The van der Waals surface area contributed by atoms with Gasteiger partial charge in [-0.05, 0) is 31.4 Å². The number of halogens is 1. The first-order valence-electron chi connectivity index (χ1n) is 6.62. The van der Waals surface area contributed by atoms with Crippen molar-refractivity contribution in [2.75, 3.05) is 7.05 Å². The molecule has 1 aliphatic carbocycles. The van der Waals surface area contributed by atoms with E-state index >= 15 is 0 Å². The summed E-state index contributed by atoms with van der Waals surface area (Å²) in [6.45, 7) is 0.609. The van der Waals surface area contributed by atoms with E-state index in [9.17, 15) is 0 Å². The number of fused-ring (bicyclic) bond motifs is 1. The van der Waals surface area contributed by atoms with Gasteiger partial charge in [-0.3, -0.25) is 9.39 Å². The van der Waals surface area contributed by atoms with Gasteiger partial charge in [0.25, 0.3) is 0 Å².